The predicted octanol–water partition coefficient (Wildman–Crippen LogP) is 3.15. The second-order valence-electron chi connectivity index (χ2n) is 4.95. The molecule has 0 bridgehead atoms. The van der Waals surface area contributed by atoms with Crippen LogP contribution in [0.2, 0.25) is 0 Å². The van der Waals surface area contributed by atoms with Crippen LogP contribution in [-0.4, -0.2) is 16.1 Å². The largest absolute Gasteiger partial charge is 0.331 e. The number of nitrogens with zero attached hydrogens (tertiary/aromatic N) is 2. The van der Waals surface area contributed by atoms with Crippen LogP contribution in [0.3, 0.4) is 0 Å². The first kappa shape index (κ1) is 12.9. The molecular formula is C15H18BrN3. The molecule has 2 N–H and O–H groups in total. The van der Waals surface area contributed by atoms with Gasteiger partial charge in [-0.25, -0.2) is 4.98 Å². The summed E-state index contributed by atoms with van der Waals surface area (Å²) < 4.78 is 3.48. The van der Waals surface area contributed by atoms with Gasteiger partial charge in [0.15, 0.2) is 0 Å². The molecule has 3 nitrogen and oxygen atoms in total. The highest BCUT2D eigenvalue weighted by Gasteiger charge is 2.20. The molecule has 19 heavy (non-hydrogen) atoms. The zero-order valence-electron chi connectivity index (χ0n) is 10.9. The summed E-state index contributed by atoms with van der Waals surface area (Å²) in [6.07, 6.45) is 4.47. The van der Waals surface area contributed by atoms with Crippen molar-refractivity contribution in [3.63, 3.8) is 0 Å². The van der Waals surface area contributed by atoms with E-state index in [1.807, 2.05) is 6.07 Å². The van der Waals surface area contributed by atoms with Crippen LogP contribution in [0.4, 0.5) is 0 Å². The normalized spacial score (nSPS) is 14.4. The van der Waals surface area contributed by atoms with Crippen LogP contribution < -0.4 is 5.73 Å². The van der Waals surface area contributed by atoms with Crippen LogP contribution in [0.15, 0.2) is 28.7 Å². The van der Waals surface area contributed by atoms with Gasteiger partial charge in [0.2, 0.25) is 0 Å². The molecule has 1 aliphatic heterocycles. The zero-order chi connectivity index (χ0) is 13.2. The molecule has 0 fully saturated rings. The van der Waals surface area contributed by atoms with Gasteiger partial charge in [-0.3, -0.25) is 0 Å². The molecule has 0 aliphatic carbocycles. The van der Waals surface area contributed by atoms with Gasteiger partial charge >= 0.3 is 0 Å². The number of hydrogen-bond donors (Lipinski definition) is 1. The summed E-state index contributed by atoms with van der Waals surface area (Å²) >= 11 is 3.63. The molecule has 4 heteroatoms. The Bertz CT molecular complexity index is 589. The van der Waals surface area contributed by atoms with Crippen LogP contribution >= 0.6 is 15.9 Å². The Morgan fingerprint density at radius 1 is 1.26 bits per heavy atom. The first-order valence-corrected chi connectivity index (χ1v) is 7.64. The smallest absolute Gasteiger partial charge is 0.109 e. The lowest BCUT2D eigenvalue weighted by atomic mass is 10.1. The lowest BCUT2D eigenvalue weighted by Crippen LogP contribution is -2.15. The lowest BCUT2D eigenvalue weighted by Gasteiger charge is -2.16. The monoisotopic (exact) mass is 319 g/mol. The second-order valence-corrected chi connectivity index (χ2v) is 5.80. The van der Waals surface area contributed by atoms with Gasteiger partial charge < -0.3 is 10.3 Å². The standard InChI is InChI=1S/C15H18BrN3/c16-12-6-2-1-5-11(12)15-13(8-9-17)19-10-4-3-7-14(19)18-15/h1-2,5-6H,3-4,7-10,17H2. The maximum absolute atomic E-state index is 5.79. The van der Waals surface area contributed by atoms with Crippen LogP contribution in [0.5, 0.6) is 0 Å². The van der Waals surface area contributed by atoms with Gasteiger partial charge in [-0.1, -0.05) is 34.1 Å². The minimum absolute atomic E-state index is 0.669. The van der Waals surface area contributed by atoms with Crippen LogP contribution in [-0.2, 0) is 19.4 Å². The maximum Gasteiger partial charge on any atom is 0.109 e. The number of imidazole rings is 1. The quantitative estimate of drug-likeness (QED) is 0.944. The fourth-order valence-corrected chi connectivity index (χ4v) is 3.28. The minimum Gasteiger partial charge on any atom is -0.331 e. The van der Waals surface area contributed by atoms with Gasteiger partial charge in [0.05, 0.1) is 5.69 Å². The van der Waals surface area contributed by atoms with Gasteiger partial charge in [-0.2, -0.15) is 0 Å². The number of nitrogens with two attached hydrogens (primary N) is 1. The highest BCUT2D eigenvalue weighted by atomic mass is 79.9. The zero-order valence-corrected chi connectivity index (χ0v) is 12.5. The number of benzene rings is 1. The van der Waals surface area contributed by atoms with E-state index in [1.54, 1.807) is 0 Å². The molecule has 0 amide bonds. The molecule has 0 radical (unpaired) electrons. The Labute approximate surface area is 122 Å². The third-order valence-corrected chi connectivity index (χ3v) is 4.39. The molecule has 2 heterocycles. The molecule has 0 unspecified atom stereocenters. The lowest BCUT2D eigenvalue weighted by molar-refractivity contribution is 0.508. The van der Waals surface area contributed by atoms with Gasteiger partial charge in [-0.15, -0.1) is 0 Å². The van der Waals surface area contributed by atoms with Crippen LogP contribution in [0.25, 0.3) is 11.3 Å². The summed E-state index contributed by atoms with van der Waals surface area (Å²) in [6.45, 7) is 1.75. The second kappa shape index (κ2) is 5.47. The molecule has 3 rings (SSSR count). The van der Waals surface area contributed by atoms with Gasteiger partial charge in [0.1, 0.15) is 5.82 Å². The average Bonchev–Trinajstić information content (AvgIpc) is 2.79. The van der Waals surface area contributed by atoms with E-state index in [0.29, 0.717) is 6.54 Å². The topological polar surface area (TPSA) is 43.8 Å². The van der Waals surface area contributed by atoms with E-state index in [1.165, 1.54) is 29.9 Å². The van der Waals surface area contributed by atoms with Crippen molar-refractivity contribution < 1.29 is 0 Å². The number of aromatic nitrogens is 2. The fourth-order valence-electron chi connectivity index (χ4n) is 2.80. The molecule has 0 spiro atoms. The summed E-state index contributed by atoms with van der Waals surface area (Å²) in [4.78, 5) is 4.88. The van der Waals surface area contributed by atoms with Crippen molar-refractivity contribution in [1.29, 1.82) is 0 Å². The predicted molar refractivity (Wildman–Crippen MR) is 81.1 cm³/mol. The molecule has 1 aromatic heterocycles. The van der Waals surface area contributed by atoms with Crippen molar-refractivity contribution in [1.82, 2.24) is 9.55 Å². The minimum atomic E-state index is 0.669. The third kappa shape index (κ3) is 2.35. The van der Waals surface area contributed by atoms with E-state index in [9.17, 15) is 0 Å². The maximum atomic E-state index is 5.79. The number of aryl methyl sites for hydroxylation is 1. The number of hydrogen-bond acceptors (Lipinski definition) is 2. The van der Waals surface area contributed by atoms with E-state index in [4.69, 9.17) is 10.7 Å². The van der Waals surface area contributed by atoms with E-state index in [-0.39, 0.29) is 0 Å². The van der Waals surface area contributed by atoms with Crippen molar-refractivity contribution in [3.8, 4) is 11.3 Å². The van der Waals surface area contributed by atoms with E-state index in [0.717, 1.165) is 29.6 Å². The van der Waals surface area contributed by atoms with Crippen LogP contribution in [0, 0.1) is 0 Å². The molecule has 2 aromatic rings. The SMILES string of the molecule is NCCc1c(-c2ccccc2Br)nc2n1CCCC2. The molecule has 1 aromatic carbocycles. The first-order chi connectivity index (χ1) is 9.31. The first-order valence-electron chi connectivity index (χ1n) is 6.84. The Hall–Kier alpha value is -1.13. The average molecular weight is 320 g/mol. The van der Waals surface area contributed by atoms with E-state index >= 15 is 0 Å². The highest BCUT2D eigenvalue weighted by Crippen LogP contribution is 2.32. The summed E-state index contributed by atoms with van der Waals surface area (Å²) in [6, 6.07) is 8.29. The summed E-state index contributed by atoms with van der Waals surface area (Å²) in [5.41, 5.74) is 9.36. The molecule has 0 saturated carbocycles. The van der Waals surface area contributed by atoms with Gasteiger partial charge in [0.25, 0.3) is 0 Å². The van der Waals surface area contributed by atoms with Crippen molar-refractivity contribution in [2.45, 2.75) is 32.2 Å². The fraction of sp³-hybridized carbons (Fsp3) is 0.400. The van der Waals surface area contributed by atoms with Gasteiger partial charge in [0, 0.05) is 35.1 Å². The van der Waals surface area contributed by atoms with Crippen molar-refractivity contribution in [2.24, 2.45) is 5.73 Å². The van der Waals surface area contributed by atoms with Crippen LogP contribution in [0.1, 0.15) is 24.4 Å². The number of rotatable bonds is 3. The molecule has 100 valence electrons. The van der Waals surface area contributed by atoms with Crippen molar-refractivity contribution in [2.75, 3.05) is 6.54 Å². The summed E-state index contributed by atoms with van der Waals surface area (Å²) in [5, 5.41) is 0. The highest BCUT2D eigenvalue weighted by molar-refractivity contribution is 9.10. The molecular weight excluding hydrogens is 302 g/mol. The Balaban J connectivity index is 2.15. The molecule has 0 saturated heterocycles. The van der Waals surface area contributed by atoms with Crippen molar-refractivity contribution in [3.05, 3.63) is 40.3 Å². The van der Waals surface area contributed by atoms with Gasteiger partial charge in [-0.05, 0) is 25.5 Å². The van der Waals surface area contributed by atoms with E-state index < -0.39 is 0 Å². The Morgan fingerprint density at radius 2 is 2.11 bits per heavy atom. The number of fused-ring (bicyclic) bond motifs is 1. The number of halogens is 1. The molecule has 1 aliphatic rings. The molecule has 0 atom stereocenters. The van der Waals surface area contributed by atoms with Crippen molar-refractivity contribution >= 4 is 15.9 Å². The van der Waals surface area contributed by atoms with E-state index in [2.05, 4.69) is 38.7 Å². The third-order valence-electron chi connectivity index (χ3n) is 3.69. The Kier molecular flexibility index (Phi) is 3.71. The Morgan fingerprint density at radius 3 is 2.89 bits per heavy atom. The summed E-state index contributed by atoms with van der Waals surface area (Å²) in [5.74, 6) is 1.22. The summed E-state index contributed by atoms with van der Waals surface area (Å²) in [7, 11) is 0.